The van der Waals surface area contributed by atoms with Gasteiger partial charge >= 0.3 is 0 Å². The topological polar surface area (TPSA) is 63.2 Å². The van der Waals surface area contributed by atoms with Crippen LogP contribution in [0.5, 0.6) is 0 Å². The van der Waals surface area contributed by atoms with Crippen molar-refractivity contribution in [1.82, 2.24) is 4.72 Å². The summed E-state index contributed by atoms with van der Waals surface area (Å²) in [5.41, 5.74) is 3.34. The van der Waals surface area contributed by atoms with E-state index in [9.17, 15) is 13.2 Å². The van der Waals surface area contributed by atoms with Crippen LogP contribution >= 0.6 is 15.9 Å². The Labute approximate surface area is 185 Å². The summed E-state index contributed by atoms with van der Waals surface area (Å²) in [6, 6.07) is 22.7. The molecule has 2 unspecified atom stereocenters. The van der Waals surface area contributed by atoms with Crippen molar-refractivity contribution in [3.8, 4) is 0 Å². The Morgan fingerprint density at radius 2 is 1.57 bits per heavy atom. The van der Waals surface area contributed by atoms with Crippen LogP contribution in [0.2, 0.25) is 0 Å². The number of alkyl halides is 1. The molecule has 0 saturated carbocycles. The summed E-state index contributed by atoms with van der Waals surface area (Å²) in [6.07, 6.45) is 1.17. The minimum atomic E-state index is -3.84. The van der Waals surface area contributed by atoms with Crippen LogP contribution in [-0.2, 0) is 16.4 Å². The molecular weight excluding hydrogens is 462 g/mol. The van der Waals surface area contributed by atoms with E-state index in [0.29, 0.717) is 18.4 Å². The van der Waals surface area contributed by atoms with Crippen LogP contribution in [0.25, 0.3) is 0 Å². The van der Waals surface area contributed by atoms with Crippen LogP contribution in [-0.4, -0.2) is 18.5 Å². The van der Waals surface area contributed by atoms with Crippen molar-refractivity contribution >= 4 is 31.7 Å². The summed E-state index contributed by atoms with van der Waals surface area (Å²) in [5, 5.41) is 0. The first kappa shape index (κ1) is 21.0. The van der Waals surface area contributed by atoms with Crippen LogP contribution in [0.4, 0.5) is 0 Å². The van der Waals surface area contributed by atoms with Gasteiger partial charge in [0.2, 0.25) is 10.0 Å². The molecule has 3 aromatic rings. The predicted octanol–water partition coefficient (Wildman–Crippen LogP) is 4.98. The quantitative estimate of drug-likeness (QED) is 0.520. The van der Waals surface area contributed by atoms with Crippen LogP contribution in [0.3, 0.4) is 0 Å². The maximum absolute atomic E-state index is 13.5. The third kappa shape index (κ3) is 3.87. The highest BCUT2D eigenvalue weighted by atomic mass is 79.9. The molecule has 0 aliphatic heterocycles. The number of fused-ring (bicyclic) bond motifs is 1. The van der Waals surface area contributed by atoms with E-state index in [4.69, 9.17) is 0 Å². The molecule has 0 fully saturated rings. The first-order valence-electron chi connectivity index (χ1n) is 9.77. The Bertz CT molecular complexity index is 1180. The maximum Gasteiger partial charge on any atom is 0.241 e. The maximum atomic E-state index is 13.5. The van der Waals surface area contributed by atoms with Gasteiger partial charge < -0.3 is 0 Å². The van der Waals surface area contributed by atoms with Crippen molar-refractivity contribution in [3.63, 3.8) is 0 Å². The molecule has 0 radical (unpaired) electrons. The van der Waals surface area contributed by atoms with Crippen molar-refractivity contribution in [2.24, 2.45) is 0 Å². The van der Waals surface area contributed by atoms with E-state index >= 15 is 0 Å². The fourth-order valence-electron chi connectivity index (χ4n) is 3.90. The lowest BCUT2D eigenvalue weighted by atomic mass is 9.77. The minimum absolute atomic E-state index is 0.107. The SMILES string of the molecule is Cc1ccc(S(=O)(=O)NC(c2ccccc2)C2(Br)CCc3ccccc3C2=O)cc1. The fourth-order valence-corrected chi connectivity index (χ4v) is 6.12. The number of nitrogens with one attached hydrogen (secondary N) is 1. The molecule has 6 heteroatoms. The Hall–Kier alpha value is -2.28. The van der Waals surface area contributed by atoms with E-state index in [0.717, 1.165) is 16.7 Å². The van der Waals surface area contributed by atoms with Crippen molar-refractivity contribution in [2.45, 2.75) is 35.0 Å². The van der Waals surface area contributed by atoms with Gasteiger partial charge in [-0.3, -0.25) is 4.79 Å². The lowest BCUT2D eigenvalue weighted by Gasteiger charge is -2.38. The molecule has 1 N–H and O–H groups in total. The van der Waals surface area contributed by atoms with Gasteiger partial charge in [0.25, 0.3) is 0 Å². The van der Waals surface area contributed by atoms with Gasteiger partial charge in [0.15, 0.2) is 5.78 Å². The van der Waals surface area contributed by atoms with Crippen molar-refractivity contribution in [2.75, 3.05) is 0 Å². The lowest BCUT2D eigenvalue weighted by Crippen LogP contribution is -2.49. The summed E-state index contributed by atoms with van der Waals surface area (Å²) in [4.78, 5) is 13.7. The molecule has 0 amide bonds. The van der Waals surface area contributed by atoms with E-state index in [1.807, 2.05) is 61.5 Å². The average molecular weight is 484 g/mol. The highest BCUT2D eigenvalue weighted by molar-refractivity contribution is 9.10. The van der Waals surface area contributed by atoms with Gasteiger partial charge in [0, 0.05) is 5.56 Å². The summed E-state index contributed by atoms with van der Waals surface area (Å²) in [6.45, 7) is 1.90. The molecule has 2 atom stereocenters. The number of hydrogen-bond donors (Lipinski definition) is 1. The van der Waals surface area contributed by atoms with Crippen molar-refractivity contribution in [3.05, 3.63) is 101 Å². The summed E-state index contributed by atoms with van der Waals surface area (Å²) >= 11 is 3.69. The second-order valence-corrected chi connectivity index (χ2v) is 10.8. The number of ketones is 1. The zero-order chi connectivity index (χ0) is 21.4. The molecular formula is C24H22BrNO3S. The monoisotopic (exact) mass is 483 g/mol. The first-order valence-corrected chi connectivity index (χ1v) is 12.0. The number of carbonyl (C=O) groups is 1. The number of carbonyl (C=O) groups excluding carboxylic acids is 1. The number of rotatable bonds is 5. The molecule has 4 nitrogen and oxygen atoms in total. The van der Waals surface area contributed by atoms with Gasteiger partial charge in [0.1, 0.15) is 4.32 Å². The zero-order valence-electron chi connectivity index (χ0n) is 16.5. The number of Topliss-reactive ketones (excluding diaryl/α,β-unsaturated/α-hetero) is 1. The lowest BCUT2D eigenvalue weighted by molar-refractivity contribution is 0.0912. The fraction of sp³-hybridized carbons (Fsp3) is 0.208. The molecule has 1 aliphatic carbocycles. The molecule has 0 aromatic heterocycles. The number of benzene rings is 3. The van der Waals surface area contributed by atoms with Gasteiger partial charge in [-0.25, -0.2) is 13.1 Å². The van der Waals surface area contributed by atoms with Gasteiger partial charge in [0.05, 0.1) is 10.9 Å². The van der Waals surface area contributed by atoms with Crippen LogP contribution in [0.15, 0.2) is 83.8 Å². The van der Waals surface area contributed by atoms with Crippen LogP contribution < -0.4 is 4.72 Å². The molecule has 154 valence electrons. The van der Waals surface area contributed by atoms with Gasteiger partial charge in [-0.1, -0.05) is 88.2 Å². The van der Waals surface area contributed by atoms with E-state index in [-0.39, 0.29) is 10.7 Å². The highest BCUT2D eigenvalue weighted by Gasteiger charge is 2.48. The molecule has 30 heavy (non-hydrogen) atoms. The third-order valence-electron chi connectivity index (χ3n) is 5.59. The van der Waals surface area contributed by atoms with Crippen molar-refractivity contribution in [1.29, 1.82) is 0 Å². The minimum Gasteiger partial charge on any atom is -0.293 e. The smallest absolute Gasteiger partial charge is 0.241 e. The van der Waals surface area contributed by atoms with E-state index in [2.05, 4.69) is 20.7 Å². The Kier molecular flexibility index (Phi) is 5.66. The molecule has 0 heterocycles. The van der Waals surface area contributed by atoms with Crippen LogP contribution in [0.1, 0.15) is 39.5 Å². The number of sulfonamides is 1. The van der Waals surface area contributed by atoms with E-state index in [1.54, 1.807) is 24.3 Å². The van der Waals surface area contributed by atoms with E-state index < -0.39 is 20.4 Å². The van der Waals surface area contributed by atoms with E-state index in [1.165, 1.54) is 0 Å². The zero-order valence-corrected chi connectivity index (χ0v) is 18.9. The number of hydrogen-bond acceptors (Lipinski definition) is 3. The third-order valence-corrected chi connectivity index (χ3v) is 8.25. The molecule has 0 saturated heterocycles. The first-order chi connectivity index (χ1) is 14.3. The second-order valence-electron chi connectivity index (χ2n) is 7.63. The van der Waals surface area contributed by atoms with Crippen molar-refractivity contribution < 1.29 is 13.2 Å². The molecule has 4 rings (SSSR count). The summed E-state index contributed by atoms with van der Waals surface area (Å²) in [7, 11) is -3.84. The largest absolute Gasteiger partial charge is 0.293 e. The predicted molar refractivity (Wildman–Crippen MR) is 121 cm³/mol. The van der Waals surface area contributed by atoms with Gasteiger partial charge in [-0.2, -0.15) is 0 Å². The average Bonchev–Trinajstić information content (AvgIpc) is 2.76. The van der Waals surface area contributed by atoms with Gasteiger partial charge in [-0.05, 0) is 43.0 Å². The number of halogens is 1. The highest BCUT2D eigenvalue weighted by Crippen LogP contribution is 2.44. The Balaban J connectivity index is 1.78. The van der Waals surface area contributed by atoms with Crippen LogP contribution in [0, 0.1) is 6.92 Å². The Morgan fingerprint density at radius 1 is 0.933 bits per heavy atom. The Morgan fingerprint density at radius 3 is 2.27 bits per heavy atom. The second kappa shape index (κ2) is 8.10. The standard InChI is InChI=1S/C24H22BrNO3S/c1-17-11-13-20(14-12-17)30(28,29)26-22(19-8-3-2-4-9-19)24(25)16-15-18-7-5-6-10-21(18)23(24)27/h2-14,22,26H,15-16H2,1H3. The normalized spacial score (nSPS) is 19.9. The molecule has 3 aromatic carbocycles. The molecule has 0 spiro atoms. The number of aryl methyl sites for hydroxylation is 2. The van der Waals surface area contributed by atoms with Gasteiger partial charge in [-0.15, -0.1) is 0 Å². The summed E-state index contributed by atoms with van der Waals surface area (Å²) in [5.74, 6) is -0.107. The summed E-state index contributed by atoms with van der Waals surface area (Å²) < 4.78 is 28.2. The molecule has 0 bridgehead atoms. The molecule has 1 aliphatic rings.